The molecular weight excluding hydrogens is 225 g/mol. The molecule has 0 aromatic heterocycles. The third kappa shape index (κ3) is 2.90. The predicted molar refractivity (Wildman–Crippen MR) is 65.1 cm³/mol. The molecule has 0 amide bonds. The number of hydrogen-bond donors (Lipinski definition) is 1. The molecule has 0 saturated carbocycles. The molecule has 0 bridgehead atoms. The molecule has 0 aliphatic heterocycles. The topological polar surface area (TPSA) is 41.5 Å². The van der Waals surface area contributed by atoms with Crippen LogP contribution in [0.3, 0.4) is 0 Å². The zero-order valence-corrected chi connectivity index (χ0v) is 9.50. The van der Waals surface area contributed by atoms with Crippen LogP contribution in [-0.2, 0) is 4.79 Å². The fraction of sp³-hybridized carbons (Fsp3) is 0.273. The third-order valence-electron chi connectivity index (χ3n) is 2.18. The van der Waals surface area contributed by atoms with Gasteiger partial charge in [0.25, 0.3) is 0 Å². The van der Waals surface area contributed by atoms with Crippen molar-refractivity contribution in [2.75, 3.05) is 12.4 Å². The molecule has 0 saturated heterocycles. The molecule has 1 unspecified atom stereocenters. The van der Waals surface area contributed by atoms with Crippen LogP contribution < -0.4 is 10.8 Å². The number of halogens is 2. The van der Waals surface area contributed by atoms with Gasteiger partial charge in [-0.2, -0.15) is 0 Å². The summed E-state index contributed by atoms with van der Waals surface area (Å²) in [6.45, 7) is 1.18. The van der Waals surface area contributed by atoms with E-state index >= 15 is 0 Å². The SMILES string of the molecule is [B]c1ccc(N=C(C=O)C(C)F)c(NC)c1F. The standard InChI is InChI=1S/C11H11BF2N2O/c1-6(13)9(5-17)16-8-4-3-7(12)10(14)11(8)15-2/h3-6,15H,1-2H3. The van der Waals surface area contributed by atoms with Crippen LogP contribution in [0.5, 0.6) is 0 Å². The summed E-state index contributed by atoms with van der Waals surface area (Å²) in [6.07, 6.45) is -1.21. The van der Waals surface area contributed by atoms with Gasteiger partial charge in [0, 0.05) is 7.05 Å². The fourth-order valence-electron chi connectivity index (χ4n) is 1.26. The minimum atomic E-state index is -1.52. The second-order valence-electron chi connectivity index (χ2n) is 3.38. The first-order valence-corrected chi connectivity index (χ1v) is 4.94. The van der Waals surface area contributed by atoms with Gasteiger partial charge in [0.15, 0.2) is 6.29 Å². The molecule has 2 radical (unpaired) electrons. The Hall–Kier alpha value is -1.72. The van der Waals surface area contributed by atoms with Gasteiger partial charge < -0.3 is 5.32 Å². The lowest BCUT2D eigenvalue weighted by Crippen LogP contribution is -2.14. The number of carbonyl (C=O) groups excluding carboxylic acids is 1. The number of hydrogen-bond acceptors (Lipinski definition) is 3. The summed E-state index contributed by atoms with van der Waals surface area (Å²) in [4.78, 5) is 14.4. The average molecular weight is 236 g/mol. The van der Waals surface area contributed by atoms with Gasteiger partial charge in [-0.05, 0) is 13.0 Å². The van der Waals surface area contributed by atoms with E-state index in [0.29, 0.717) is 6.29 Å². The summed E-state index contributed by atoms with van der Waals surface area (Å²) in [5.74, 6) is -0.675. The normalized spacial score (nSPS) is 13.3. The summed E-state index contributed by atoms with van der Waals surface area (Å²) in [5, 5.41) is 2.57. The van der Waals surface area contributed by atoms with Crippen molar-refractivity contribution < 1.29 is 13.6 Å². The molecule has 6 heteroatoms. The van der Waals surface area contributed by atoms with Gasteiger partial charge in [-0.15, -0.1) is 0 Å². The highest BCUT2D eigenvalue weighted by molar-refractivity contribution is 6.33. The quantitative estimate of drug-likeness (QED) is 0.486. The molecule has 0 aliphatic rings. The van der Waals surface area contributed by atoms with Gasteiger partial charge in [0.05, 0.1) is 11.4 Å². The summed E-state index contributed by atoms with van der Waals surface area (Å²) < 4.78 is 26.5. The molecule has 1 aromatic rings. The van der Waals surface area contributed by atoms with Crippen LogP contribution in [0.15, 0.2) is 17.1 Å². The van der Waals surface area contributed by atoms with Gasteiger partial charge in [-0.25, -0.2) is 13.8 Å². The summed E-state index contributed by atoms with van der Waals surface area (Å²) >= 11 is 0. The lowest BCUT2D eigenvalue weighted by Gasteiger charge is -2.09. The maximum absolute atomic E-state index is 13.6. The Kier molecular flexibility index (Phi) is 4.37. The average Bonchev–Trinajstić information content (AvgIpc) is 2.30. The summed E-state index contributed by atoms with van der Waals surface area (Å²) in [7, 11) is 6.86. The van der Waals surface area contributed by atoms with Gasteiger partial charge >= 0.3 is 0 Å². The molecule has 0 fully saturated rings. The monoisotopic (exact) mass is 236 g/mol. The Morgan fingerprint density at radius 2 is 2.24 bits per heavy atom. The zero-order valence-electron chi connectivity index (χ0n) is 9.50. The zero-order chi connectivity index (χ0) is 13.0. The Morgan fingerprint density at radius 3 is 2.71 bits per heavy atom. The lowest BCUT2D eigenvalue weighted by atomic mass is 9.94. The largest absolute Gasteiger partial charge is 0.384 e. The first kappa shape index (κ1) is 13.4. The van der Waals surface area contributed by atoms with E-state index in [1.165, 1.54) is 26.1 Å². The van der Waals surface area contributed by atoms with Crippen LogP contribution in [0.1, 0.15) is 6.92 Å². The van der Waals surface area contributed by atoms with Crippen LogP contribution in [0.25, 0.3) is 0 Å². The van der Waals surface area contributed by atoms with Gasteiger partial charge in [-0.1, -0.05) is 11.5 Å². The van der Waals surface area contributed by atoms with Crippen LogP contribution in [0.4, 0.5) is 20.2 Å². The Balaban J connectivity index is 3.32. The van der Waals surface area contributed by atoms with Crippen molar-refractivity contribution in [3.05, 3.63) is 17.9 Å². The molecule has 0 heterocycles. The second kappa shape index (κ2) is 5.56. The molecule has 0 aliphatic carbocycles. The first-order valence-electron chi connectivity index (χ1n) is 4.94. The minimum Gasteiger partial charge on any atom is -0.384 e. The van der Waals surface area contributed by atoms with E-state index in [4.69, 9.17) is 7.85 Å². The number of nitrogens with one attached hydrogen (secondary N) is 1. The number of aldehydes is 1. The maximum atomic E-state index is 13.6. The molecule has 17 heavy (non-hydrogen) atoms. The van der Waals surface area contributed by atoms with E-state index in [9.17, 15) is 13.6 Å². The molecule has 88 valence electrons. The van der Waals surface area contributed by atoms with E-state index < -0.39 is 12.0 Å². The molecule has 1 aromatic carbocycles. The Bertz CT molecular complexity index is 461. The van der Waals surface area contributed by atoms with E-state index in [-0.39, 0.29) is 22.5 Å². The van der Waals surface area contributed by atoms with Crippen molar-refractivity contribution in [2.45, 2.75) is 13.1 Å². The van der Waals surface area contributed by atoms with Crippen molar-refractivity contribution in [3.8, 4) is 0 Å². The Morgan fingerprint density at radius 1 is 1.59 bits per heavy atom. The third-order valence-corrected chi connectivity index (χ3v) is 2.18. The lowest BCUT2D eigenvalue weighted by molar-refractivity contribution is -0.102. The summed E-state index contributed by atoms with van der Waals surface area (Å²) in [5.41, 5.74) is -0.185. The van der Waals surface area contributed by atoms with Crippen LogP contribution in [-0.4, -0.2) is 33.1 Å². The van der Waals surface area contributed by atoms with Crippen molar-refractivity contribution in [1.82, 2.24) is 0 Å². The predicted octanol–water partition coefficient (Wildman–Crippen LogP) is 1.29. The van der Waals surface area contributed by atoms with E-state index in [0.717, 1.165) is 0 Å². The Labute approximate surface area is 99.3 Å². The van der Waals surface area contributed by atoms with Crippen LogP contribution in [0, 0.1) is 5.82 Å². The van der Waals surface area contributed by atoms with E-state index in [1.807, 2.05) is 0 Å². The van der Waals surface area contributed by atoms with Crippen molar-refractivity contribution in [2.24, 2.45) is 4.99 Å². The minimum absolute atomic E-state index is 0.0324. The maximum Gasteiger partial charge on any atom is 0.167 e. The second-order valence-corrected chi connectivity index (χ2v) is 3.38. The number of rotatable bonds is 4. The number of anilines is 1. The van der Waals surface area contributed by atoms with Crippen LogP contribution >= 0.6 is 0 Å². The number of aliphatic imine (C=N–C) groups is 1. The molecule has 1 N–H and O–H groups in total. The molecule has 0 spiro atoms. The highest BCUT2D eigenvalue weighted by Crippen LogP contribution is 2.26. The molecular formula is C11H11BF2N2O. The van der Waals surface area contributed by atoms with Gasteiger partial charge in [-0.3, -0.25) is 4.79 Å². The van der Waals surface area contributed by atoms with Crippen molar-refractivity contribution >= 4 is 36.7 Å². The smallest absolute Gasteiger partial charge is 0.167 e. The molecule has 1 atom stereocenters. The number of alkyl halides is 1. The highest BCUT2D eigenvalue weighted by atomic mass is 19.1. The molecule has 1 rings (SSSR count). The van der Waals surface area contributed by atoms with Crippen molar-refractivity contribution in [3.63, 3.8) is 0 Å². The fourth-order valence-corrected chi connectivity index (χ4v) is 1.26. The number of carbonyl (C=O) groups is 1. The number of nitrogens with zero attached hydrogens (tertiary/aromatic N) is 1. The first-order chi connectivity index (χ1) is 8.01. The van der Waals surface area contributed by atoms with Gasteiger partial charge in [0.2, 0.25) is 0 Å². The van der Waals surface area contributed by atoms with Gasteiger partial charge in [0.1, 0.15) is 25.5 Å². The highest BCUT2D eigenvalue weighted by Gasteiger charge is 2.12. The van der Waals surface area contributed by atoms with E-state index in [1.54, 1.807) is 0 Å². The molecule has 3 nitrogen and oxygen atoms in total. The van der Waals surface area contributed by atoms with Crippen molar-refractivity contribution in [1.29, 1.82) is 0 Å². The summed E-state index contributed by atoms with van der Waals surface area (Å²) in [6, 6.07) is 2.72. The number of benzene rings is 1. The van der Waals surface area contributed by atoms with E-state index in [2.05, 4.69) is 10.3 Å². The van der Waals surface area contributed by atoms with Crippen LogP contribution in [0.2, 0.25) is 0 Å².